The van der Waals surface area contributed by atoms with Crippen molar-refractivity contribution in [3.05, 3.63) is 59.4 Å². The van der Waals surface area contributed by atoms with E-state index in [1.54, 1.807) is 24.3 Å². The molecule has 0 aliphatic rings. The zero-order valence-corrected chi connectivity index (χ0v) is 10.8. The molecule has 7 heteroatoms. The highest BCUT2D eigenvalue weighted by atomic mass is 19.4. The van der Waals surface area contributed by atoms with Gasteiger partial charge in [0.25, 0.3) is 5.91 Å². The van der Waals surface area contributed by atoms with Crippen molar-refractivity contribution in [3.63, 3.8) is 0 Å². The summed E-state index contributed by atoms with van der Waals surface area (Å²) in [6, 6.07) is 8.73. The highest BCUT2D eigenvalue weighted by Crippen LogP contribution is 2.27. The summed E-state index contributed by atoms with van der Waals surface area (Å²) in [4.78, 5) is 15.2. The molecule has 110 valence electrons. The van der Waals surface area contributed by atoms with Crippen molar-refractivity contribution < 1.29 is 18.0 Å². The third-order valence-corrected chi connectivity index (χ3v) is 2.74. The molecule has 0 saturated heterocycles. The number of hydrogen-bond acceptors (Lipinski definition) is 3. The number of halogens is 3. The Kier molecular flexibility index (Phi) is 4.23. The molecule has 0 aliphatic heterocycles. The van der Waals surface area contributed by atoms with Gasteiger partial charge in [0.15, 0.2) is 0 Å². The van der Waals surface area contributed by atoms with Crippen LogP contribution in [0.4, 0.5) is 18.9 Å². The molecule has 0 spiro atoms. The Balaban J connectivity index is 2.13. The lowest BCUT2D eigenvalue weighted by atomic mass is 10.2. The van der Waals surface area contributed by atoms with Crippen molar-refractivity contribution in [2.75, 3.05) is 5.32 Å². The Hall–Kier alpha value is -2.41. The normalized spacial score (nSPS) is 11.2. The van der Waals surface area contributed by atoms with Crippen LogP contribution in [0, 0.1) is 0 Å². The Labute approximate surface area is 118 Å². The largest absolute Gasteiger partial charge is 0.433 e. The first kappa shape index (κ1) is 15.0. The first-order valence-electron chi connectivity index (χ1n) is 6.04. The minimum atomic E-state index is -4.52. The van der Waals surface area contributed by atoms with Gasteiger partial charge < -0.3 is 11.1 Å². The second kappa shape index (κ2) is 5.92. The number of nitrogens with two attached hydrogens (primary N) is 1. The lowest BCUT2D eigenvalue weighted by Crippen LogP contribution is -2.14. The molecule has 0 atom stereocenters. The van der Waals surface area contributed by atoms with Crippen LogP contribution in [0.25, 0.3) is 0 Å². The second-order valence-corrected chi connectivity index (χ2v) is 4.29. The van der Waals surface area contributed by atoms with Crippen molar-refractivity contribution in [2.24, 2.45) is 5.73 Å². The number of nitrogens with zero attached hydrogens (tertiary/aromatic N) is 1. The van der Waals surface area contributed by atoms with Crippen molar-refractivity contribution in [2.45, 2.75) is 12.7 Å². The molecule has 0 saturated carbocycles. The molecule has 4 nitrogen and oxygen atoms in total. The average Bonchev–Trinajstić information content (AvgIpc) is 2.46. The van der Waals surface area contributed by atoms with Gasteiger partial charge in [0.1, 0.15) is 5.69 Å². The van der Waals surface area contributed by atoms with E-state index >= 15 is 0 Å². The molecule has 1 amide bonds. The number of amides is 1. The maximum absolute atomic E-state index is 12.4. The topological polar surface area (TPSA) is 68.0 Å². The van der Waals surface area contributed by atoms with E-state index in [2.05, 4.69) is 10.3 Å². The molecule has 2 aromatic rings. The predicted octanol–water partition coefficient (Wildman–Crippen LogP) is 2.81. The molecule has 0 fully saturated rings. The van der Waals surface area contributed by atoms with Crippen LogP contribution >= 0.6 is 0 Å². The van der Waals surface area contributed by atoms with Crippen molar-refractivity contribution >= 4 is 11.6 Å². The van der Waals surface area contributed by atoms with E-state index in [0.29, 0.717) is 12.2 Å². The quantitative estimate of drug-likeness (QED) is 0.915. The van der Waals surface area contributed by atoms with Gasteiger partial charge in [0.05, 0.1) is 5.56 Å². The number of alkyl halides is 3. The van der Waals surface area contributed by atoms with Gasteiger partial charge in [-0.1, -0.05) is 12.1 Å². The molecule has 0 radical (unpaired) electrons. The highest BCUT2D eigenvalue weighted by Gasteiger charge is 2.32. The summed E-state index contributed by atoms with van der Waals surface area (Å²) < 4.78 is 37.1. The van der Waals surface area contributed by atoms with Gasteiger partial charge in [-0.25, -0.2) is 0 Å². The first-order valence-corrected chi connectivity index (χ1v) is 6.04. The van der Waals surface area contributed by atoms with Crippen LogP contribution in [0.3, 0.4) is 0 Å². The maximum atomic E-state index is 12.4. The minimum absolute atomic E-state index is 0.0427. The SMILES string of the molecule is NCc1cccc(NC(=O)c2ccc(C(F)(F)F)nc2)c1. The number of hydrogen-bond donors (Lipinski definition) is 2. The van der Waals surface area contributed by atoms with E-state index in [-0.39, 0.29) is 5.56 Å². The predicted molar refractivity (Wildman–Crippen MR) is 71.5 cm³/mol. The fraction of sp³-hybridized carbons (Fsp3) is 0.143. The number of aromatic nitrogens is 1. The average molecular weight is 295 g/mol. The van der Waals surface area contributed by atoms with E-state index in [9.17, 15) is 18.0 Å². The minimum Gasteiger partial charge on any atom is -0.326 e. The summed E-state index contributed by atoms with van der Waals surface area (Å²) in [6.07, 6.45) is -3.63. The van der Waals surface area contributed by atoms with Crippen molar-refractivity contribution in [1.29, 1.82) is 0 Å². The zero-order valence-electron chi connectivity index (χ0n) is 10.8. The van der Waals surface area contributed by atoms with Crippen LogP contribution in [0.2, 0.25) is 0 Å². The van der Waals surface area contributed by atoms with E-state index in [4.69, 9.17) is 5.73 Å². The zero-order chi connectivity index (χ0) is 15.5. The summed E-state index contributed by atoms with van der Waals surface area (Å²) in [5.41, 5.74) is 5.84. The smallest absolute Gasteiger partial charge is 0.326 e. The fourth-order valence-electron chi connectivity index (χ4n) is 1.68. The third kappa shape index (κ3) is 3.79. The molecule has 2 rings (SSSR count). The van der Waals surface area contributed by atoms with Crippen molar-refractivity contribution in [1.82, 2.24) is 4.98 Å². The molecule has 0 bridgehead atoms. The standard InChI is InChI=1S/C14H12F3N3O/c15-14(16,17)12-5-4-10(8-19-12)13(21)20-11-3-1-2-9(6-11)7-18/h1-6,8H,7,18H2,(H,20,21). The van der Waals surface area contributed by atoms with Crippen LogP contribution in [0.1, 0.15) is 21.6 Å². The summed E-state index contributed by atoms with van der Waals surface area (Å²) in [7, 11) is 0. The Bertz CT molecular complexity index is 639. The van der Waals surface area contributed by atoms with Gasteiger partial charge in [-0.2, -0.15) is 13.2 Å². The highest BCUT2D eigenvalue weighted by molar-refractivity contribution is 6.04. The van der Waals surface area contributed by atoms with Gasteiger partial charge in [0.2, 0.25) is 0 Å². The Morgan fingerprint density at radius 1 is 1.24 bits per heavy atom. The van der Waals surface area contributed by atoms with Gasteiger partial charge in [-0.3, -0.25) is 9.78 Å². The van der Waals surface area contributed by atoms with Gasteiger partial charge in [0, 0.05) is 18.4 Å². The summed E-state index contributed by atoms with van der Waals surface area (Å²) in [5, 5.41) is 2.58. The number of nitrogens with one attached hydrogen (secondary N) is 1. The number of carbonyl (C=O) groups excluding carboxylic acids is 1. The van der Waals surface area contributed by atoms with E-state index in [0.717, 1.165) is 23.9 Å². The number of carbonyl (C=O) groups is 1. The monoisotopic (exact) mass is 295 g/mol. The summed E-state index contributed by atoms with van der Waals surface area (Å²) in [6.45, 7) is 0.325. The Morgan fingerprint density at radius 3 is 2.57 bits per heavy atom. The van der Waals surface area contributed by atoms with Crippen molar-refractivity contribution in [3.8, 4) is 0 Å². The van der Waals surface area contributed by atoms with E-state index in [1.807, 2.05) is 0 Å². The van der Waals surface area contributed by atoms with Crippen LogP contribution in [0.15, 0.2) is 42.6 Å². The third-order valence-electron chi connectivity index (χ3n) is 2.74. The molecule has 0 unspecified atom stereocenters. The summed E-state index contributed by atoms with van der Waals surface area (Å²) in [5.74, 6) is -0.537. The van der Waals surface area contributed by atoms with Crippen LogP contribution in [-0.2, 0) is 12.7 Å². The van der Waals surface area contributed by atoms with Gasteiger partial charge in [-0.15, -0.1) is 0 Å². The molecule has 21 heavy (non-hydrogen) atoms. The Morgan fingerprint density at radius 2 is 2.00 bits per heavy atom. The lowest BCUT2D eigenvalue weighted by molar-refractivity contribution is -0.141. The molecule has 1 heterocycles. The molecule has 0 aliphatic carbocycles. The molecule has 1 aromatic carbocycles. The number of rotatable bonds is 3. The maximum Gasteiger partial charge on any atom is 0.433 e. The van der Waals surface area contributed by atoms with Crippen LogP contribution in [0.5, 0.6) is 0 Å². The van der Waals surface area contributed by atoms with E-state index in [1.165, 1.54) is 0 Å². The molecular formula is C14H12F3N3O. The fourth-order valence-corrected chi connectivity index (χ4v) is 1.68. The molecule has 3 N–H and O–H groups in total. The lowest BCUT2D eigenvalue weighted by Gasteiger charge is -2.08. The second-order valence-electron chi connectivity index (χ2n) is 4.29. The molecule has 1 aromatic heterocycles. The molecular weight excluding hydrogens is 283 g/mol. The van der Waals surface area contributed by atoms with Gasteiger partial charge >= 0.3 is 6.18 Å². The number of pyridine rings is 1. The number of anilines is 1. The summed E-state index contributed by atoms with van der Waals surface area (Å²) >= 11 is 0. The van der Waals surface area contributed by atoms with Crippen LogP contribution in [-0.4, -0.2) is 10.9 Å². The van der Waals surface area contributed by atoms with Gasteiger partial charge in [-0.05, 0) is 29.8 Å². The first-order chi connectivity index (χ1) is 9.90. The number of benzene rings is 1. The van der Waals surface area contributed by atoms with Crippen LogP contribution < -0.4 is 11.1 Å². The van der Waals surface area contributed by atoms with E-state index < -0.39 is 17.8 Å².